The van der Waals surface area contributed by atoms with Crippen LogP contribution in [0.3, 0.4) is 0 Å². The third kappa shape index (κ3) is 2.81. The number of carbonyl (C=O) groups is 2. The first-order valence-corrected chi connectivity index (χ1v) is 7.81. The van der Waals surface area contributed by atoms with E-state index in [9.17, 15) is 9.59 Å². The van der Waals surface area contributed by atoms with E-state index in [-0.39, 0.29) is 22.6 Å². The molecule has 2 aliphatic rings. The van der Waals surface area contributed by atoms with Crippen molar-refractivity contribution in [3.63, 3.8) is 0 Å². The van der Waals surface area contributed by atoms with E-state index in [4.69, 9.17) is 9.47 Å². The molecule has 0 N–H and O–H groups in total. The molecule has 21 heavy (non-hydrogen) atoms. The summed E-state index contributed by atoms with van der Waals surface area (Å²) in [5.41, 5.74) is 1.59. The van der Waals surface area contributed by atoms with Crippen molar-refractivity contribution < 1.29 is 19.1 Å². The first-order valence-electron chi connectivity index (χ1n) is 6.99. The van der Waals surface area contributed by atoms with Crippen LogP contribution in [0.15, 0.2) is 22.4 Å². The van der Waals surface area contributed by atoms with Gasteiger partial charge in [0.05, 0.1) is 29.1 Å². The molecule has 0 aliphatic carbocycles. The van der Waals surface area contributed by atoms with Crippen molar-refractivity contribution in [3.8, 4) is 0 Å². The minimum atomic E-state index is -0.378. The Hall–Kier alpha value is -1.43. The molecular formula is C15H21NO4S. The molecule has 116 valence electrons. The summed E-state index contributed by atoms with van der Waals surface area (Å²) in [5, 5.41) is 0.904. The number of nitrogens with zero attached hydrogens (tertiary/aromatic N) is 1. The maximum atomic E-state index is 12.2. The summed E-state index contributed by atoms with van der Waals surface area (Å²) in [5.74, 6) is -0.550. The average molecular weight is 311 g/mol. The molecule has 1 saturated heterocycles. The van der Waals surface area contributed by atoms with Crippen LogP contribution in [0.25, 0.3) is 0 Å². The predicted molar refractivity (Wildman–Crippen MR) is 81.3 cm³/mol. The van der Waals surface area contributed by atoms with E-state index in [1.807, 2.05) is 25.7 Å². The van der Waals surface area contributed by atoms with Crippen molar-refractivity contribution in [1.82, 2.24) is 4.90 Å². The second-order valence-corrected chi connectivity index (χ2v) is 7.23. The quantitative estimate of drug-likeness (QED) is 0.589. The van der Waals surface area contributed by atoms with Crippen molar-refractivity contribution in [3.05, 3.63) is 22.4 Å². The molecule has 2 heterocycles. The Morgan fingerprint density at radius 2 is 2.14 bits per heavy atom. The molecule has 2 rings (SSSR count). The van der Waals surface area contributed by atoms with E-state index < -0.39 is 0 Å². The van der Waals surface area contributed by atoms with E-state index in [2.05, 4.69) is 0 Å². The molecule has 2 aliphatic heterocycles. The largest absolute Gasteiger partial charge is 0.466 e. The Labute approximate surface area is 129 Å². The summed E-state index contributed by atoms with van der Waals surface area (Å²) in [6.07, 6.45) is 1.51. The van der Waals surface area contributed by atoms with Crippen LogP contribution in [0.4, 0.5) is 0 Å². The topological polar surface area (TPSA) is 55.8 Å². The van der Waals surface area contributed by atoms with Crippen LogP contribution in [0.5, 0.6) is 0 Å². The number of thioether (sulfide) groups is 1. The Bertz CT molecular complexity index is 536. The van der Waals surface area contributed by atoms with E-state index in [1.165, 1.54) is 13.2 Å². The average Bonchev–Trinajstić information content (AvgIpc) is 2.82. The monoisotopic (exact) mass is 311 g/mol. The Balaban J connectivity index is 2.43. The highest BCUT2D eigenvalue weighted by Gasteiger charge is 2.47. The third-order valence-electron chi connectivity index (χ3n) is 3.64. The van der Waals surface area contributed by atoms with Gasteiger partial charge in [0.25, 0.3) is 0 Å². The van der Waals surface area contributed by atoms with E-state index in [0.29, 0.717) is 18.7 Å². The molecule has 1 atom stereocenters. The minimum Gasteiger partial charge on any atom is -0.466 e. The van der Waals surface area contributed by atoms with Crippen LogP contribution in [-0.2, 0) is 19.1 Å². The normalized spacial score (nSPS) is 25.3. The molecule has 1 fully saturated rings. The van der Waals surface area contributed by atoms with Gasteiger partial charge in [0.1, 0.15) is 0 Å². The number of esters is 2. The number of fused-ring (bicyclic) bond motifs is 1. The molecule has 1 unspecified atom stereocenters. The van der Waals surface area contributed by atoms with Crippen molar-refractivity contribution in [1.29, 1.82) is 0 Å². The fourth-order valence-corrected chi connectivity index (χ4v) is 4.10. The van der Waals surface area contributed by atoms with Crippen molar-refractivity contribution in [2.45, 2.75) is 32.4 Å². The zero-order chi connectivity index (χ0) is 15.8. The van der Waals surface area contributed by atoms with Gasteiger partial charge in [0.15, 0.2) is 0 Å². The van der Waals surface area contributed by atoms with Gasteiger partial charge in [-0.25, -0.2) is 9.59 Å². The van der Waals surface area contributed by atoms with Crippen molar-refractivity contribution in [2.24, 2.45) is 5.92 Å². The summed E-state index contributed by atoms with van der Waals surface area (Å²) >= 11 is 1.59. The molecule has 0 aromatic heterocycles. The molecule has 0 aromatic rings. The van der Waals surface area contributed by atoms with Crippen LogP contribution in [0.2, 0.25) is 0 Å². The van der Waals surface area contributed by atoms with Gasteiger partial charge >= 0.3 is 11.9 Å². The number of carbonyl (C=O) groups excluding carboxylic acids is 2. The maximum absolute atomic E-state index is 12.2. The molecule has 0 saturated carbocycles. The molecule has 0 aromatic carbocycles. The molecule has 0 amide bonds. The van der Waals surface area contributed by atoms with Crippen LogP contribution >= 0.6 is 11.8 Å². The van der Waals surface area contributed by atoms with Gasteiger partial charge < -0.3 is 14.4 Å². The van der Waals surface area contributed by atoms with Crippen molar-refractivity contribution >= 4 is 23.7 Å². The summed E-state index contributed by atoms with van der Waals surface area (Å²) in [6.45, 7) is 8.91. The van der Waals surface area contributed by atoms with E-state index >= 15 is 0 Å². The lowest BCUT2D eigenvalue weighted by atomic mass is 10.0. The molecule has 6 heteroatoms. The van der Waals surface area contributed by atoms with Gasteiger partial charge in [-0.3, -0.25) is 0 Å². The predicted octanol–water partition coefficient (Wildman–Crippen LogP) is 2.30. The lowest BCUT2D eigenvalue weighted by Gasteiger charge is -2.23. The highest BCUT2D eigenvalue weighted by atomic mass is 32.2. The van der Waals surface area contributed by atoms with Gasteiger partial charge in [-0.05, 0) is 20.8 Å². The Morgan fingerprint density at radius 3 is 2.71 bits per heavy atom. The highest BCUT2D eigenvalue weighted by Crippen LogP contribution is 2.54. The van der Waals surface area contributed by atoms with Gasteiger partial charge in [-0.15, -0.1) is 0 Å². The second-order valence-electron chi connectivity index (χ2n) is 5.62. The van der Waals surface area contributed by atoms with Gasteiger partial charge in [-0.2, -0.15) is 0 Å². The van der Waals surface area contributed by atoms with E-state index in [1.54, 1.807) is 18.7 Å². The zero-order valence-electron chi connectivity index (χ0n) is 13.1. The molecule has 0 radical (unpaired) electrons. The number of methoxy groups -OCH3 is 1. The fourth-order valence-electron chi connectivity index (χ4n) is 2.66. The van der Waals surface area contributed by atoms with Crippen LogP contribution in [-0.4, -0.2) is 41.8 Å². The smallest absolute Gasteiger partial charge is 0.337 e. The Morgan fingerprint density at radius 1 is 1.48 bits per heavy atom. The first kappa shape index (κ1) is 15.9. The minimum absolute atomic E-state index is 0.0868. The summed E-state index contributed by atoms with van der Waals surface area (Å²) in [6, 6.07) is 0. The molecule has 0 spiro atoms. The van der Waals surface area contributed by atoms with Crippen molar-refractivity contribution in [2.75, 3.05) is 20.3 Å². The van der Waals surface area contributed by atoms with Crippen LogP contribution in [0, 0.1) is 5.92 Å². The lowest BCUT2D eigenvalue weighted by molar-refractivity contribution is -0.139. The standard InChI is InChI=1S/C15H21NO4S/c1-6-20-14(18)12-9(2)8-16-10(7-11(17)19-5)15(3,4)21-13(12)16/h7,9H,6,8H2,1-5H3. The van der Waals surface area contributed by atoms with Gasteiger partial charge in [0, 0.05) is 24.2 Å². The molecule has 5 nitrogen and oxygen atoms in total. The second kappa shape index (κ2) is 5.75. The fraction of sp³-hybridized carbons (Fsp3) is 0.600. The van der Waals surface area contributed by atoms with Gasteiger partial charge in [0.2, 0.25) is 0 Å². The maximum Gasteiger partial charge on any atom is 0.337 e. The van der Waals surface area contributed by atoms with Crippen LogP contribution in [0.1, 0.15) is 27.7 Å². The molecule has 0 bridgehead atoms. The lowest BCUT2D eigenvalue weighted by Crippen LogP contribution is -2.26. The third-order valence-corrected chi connectivity index (χ3v) is 4.99. The first-order chi connectivity index (χ1) is 9.81. The molecular weight excluding hydrogens is 290 g/mol. The summed E-state index contributed by atoms with van der Waals surface area (Å²) < 4.78 is 9.62. The summed E-state index contributed by atoms with van der Waals surface area (Å²) in [7, 11) is 1.36. The number of hydrogen-bond donors (Lipinski definition) is 0. The number of hydrogen-bond acceptors (Lipinski definition) is 6. The van der Waals surface area contributed by atoms with E-state index in [0.717, 1.165) is 10.7 Å². The van der Waals surface area contributed by atoms with Crippen LogP contribution < -0.4 is 0 Å². The van der Waals surface area contributed by atoms with Gasteiger partial charge in [-0.1, -0.05) is 18.7 Å². The summed E-state index contributed by atoms with van der Waals surface area (Å²) in [4.78, 5) is 25.8. The number of ether oxygens (including phenoxy) is 2. The number of rotatable bonds is 3. The zero-order valence-corrected chi connectivity index (χ0v) is 13.9. The SMILES string of the molecule is CCOC(=O)C1=C2SC(C)(C)C(=CC(=O)OC)N2CC1C. The Kier molecular flexibility index (Phi) is 4.37. The highest BCUT2D eigenvalue weighted by molar-refractivity contribution is 8.04.